The second-order valence-electron chi connectivity index (χ2n) is 8.43. The van der Waals surface area contributed by atoms with Gasteiger partial charge >= 0.3 is 0 Å². The highest BCUT2D eigenvalue weighted by molar-refractivity contribution is 5.93. The lowest BCUT2D eigenvalue weighted by atomic mass is 9.99. The molecule has 3 atom stereocenters. The molecule has 0 fully saturated rings. The fraction of sp³-hybridized carbons (Fsp3) is 0.818. The summed E-state index contributed by atoms with van der Waals surface area (Å²) in [7, 11) is 0. The van der Waals surface area contributed by atoms with E-state index in [0.29, 0.717) is 18.8 Å². The zero-order valence-electron chi connectivity index (χ0n) is 19.7. The molecule has 0 radical (unpaired) electrons. The summed E-state index contributed by atoms with van der Waals surface area (Å²) in [6.07, 6.45) is 4.89. The molecule has 0 heterocycles. The monoisotopic (exact) mass is 441 g/mol. The van der Waals surface area contributed by atoms with Gasteiger partial charge in [-0.1, -0.05) is 47.0 Å². The molecule has 7 N–H and O–H groups in total. The summed E-state index contributed by atoms with van der Waals surface area (Å²) >= 11 is 0. The number of hydrogen-bond donors (Lipinski definition) is 5. The van der Waals surface area contributed by atoms with Gasteiger partial charge in [-0.2, -0.15) is 0 Å². The molecule has 3 amide bonds. The van der Waals surface area contributed by atoms with Gasteiger partial charge in [-0.25, -0.2) is 0 Å². The van der Waals surface area contributed by atoms with Crippen molar-refractivity contribution in [1.29, 1.82) is 0 Å². The van der Waals surface area contributed by atoms with Crippen molar-refractivity contribution in [1.82, 2.24) is 16.0 Å². The Morgan fingerprint density at radius 1 is 0.806 bits per heavy atom. The molecule has 0 rings (SSSR count). The first-order chi connectivity index (χ1) is 14.7. The number of rotatable bonds is 17. The topological polar surface area (TPSA) is 156 Å². The van der Waals surface area contributed by atoms with Crippen LogP contribution in [-0.4, -0.2) is 55.2 Å². The number of hydrogen-bond acceptors (Lipinski definition) is 6. The van der Waals surface area contributed by atoms with Crippen LogP contribution < -0.4 is 27.4 Å². The first-order valence-electron chi connectivity index (χ1n) is 11.5. The van der Waals surface area contributed by atoms with E-state index in [1.165, 1.54) is 0 Å². The summed E-state index contributed by atoms with van der Waals surface area (Å²) in [5.74, 6) is -0.853. The molecule has 9 nitrogen and oxygen atoms in total. The zero-order chi connectivity index (χ0) is 23.8. The molecule has 0 saturated carbocycles. The summed E-state index contributed by atoms with van der Waals surface area (Å²) in [6, 6.07) is -1.47. The first kappa shape index (κ1) is 29.0. The normalized spacial score (nSPS) is 13.9. The number of unbranched alkanes of at least 4 members (excludes halogenated alkanes) is 1. The Kier molecular flexibility index (Phi) is 15.6. The fourth-order valence-corrected chi connectivity index (χ4v) is 3.08. The van der Waals surface area contributed by atoms with Crippen molar-refractivity contribution < 1.29 is 19.2 Å². The number of nitrogens with two attached hydrogens (primary N) is 2. The predicted molar refractivity (Wildman–Crippen MR) is 122 cm³/mol. The van der Waals surface area contributed by atoms with Gasteiger partial charge in [0.25, 0.3) is 0 Å². The Morgan fingerprint density at radius 3 is 1.94 bits per heavy atom. The van der Waals surface area contributed by atoms with Crippen LogP contribution >= 0.6 is 0 Å². The molecule has 31 heavy (non-hydrogen) atoms. The van der Waals surface area contributed by atoms with Crippen LogP contribution in [-0.2, 0) is 19.2 Å². The maximum absolute atomic E-state index is 12.4. The lowest BCUT2D eigenvalue weighted by Crippen LogP contribution is -2.51. The van der Waals surface area contributed by atoms with Crippen molar-refractivity contribution >= 4 is 23.5 Å². The lowest BCUT2D eigenvalue weighted by Gasteiger charge is -2.20. The van der Waals surface area contributed by atoms with Crippen LogP contribution in [0.15, 0.2) is 0 Å². The van der Waals surface area contributed by atoms with Crippen molar-refractivity contribution in [3.05, 3.63) is 0 Å². The number of Topliss-reactive ketones (excluding diaryl/α,β-unsaturated/α-hetero) is 1. The SMILES string of the molecule is CCC(C)CCCCC(=O)NC(CCN)C(=O)NCC(=O)NC(CCN)C(=O)C(C)C. The molecule has 0 spiro atoms. The van der Waals surface area contributed by atoms with E-state index < -0.39 is 23.9 Å². The van der Waals surface area contributed by atoms with Crippen molar-refractivity contribution in [2.24, 2.45) is 23.3 Å². The van der Waals surface area contributed by atoms with Crippen LogP contribution in [0.1, 0.15) is 72.6 Å². The van der Waals surface area contributed by atoms with E-state index in [9.17, 15) is 19.2 Å². The maximum Gasteiger partial charge on any atom is 0.243 e. The number of carbonyl (C=O) groups is 4. The molecule has 0 saturated heterocycles. The Labute approximate surface area is 186 Å². The van der Waals surface area contributed by atoms with E-state index in [2.05, 4.69) is 29.8 Å². The van der Waals surface area contributed by atoms with Gasteiger partial charge in [0.2, 0.25) is 17.7 Å². The van der Waals surface area contributed by atoms with Gasteiger partial charge in [0.1, 0.15) is 6.04 Å². The number of nitrogens with one attached hydrogen (secondary N) is 3. The number of carbonyl (C=O) groups excluding carboxylic acids is 4. The van der Waals surface area contributed by atoms with E-state index in [4.69, 9.17) is 11.5 Å². The van der Waals surface area contributed by atoms with E-state index >= 15 is 0 Å². The molecular weight excluding hydrogens is 398 g/mol. The van der Waals surface area contributed by atoms with Gasteiger partial charge in [0.05, 0.1) is 12.6 Å². The predicted octanol–water partition coefficient (Wildman–Crippen LogP) is 0.601. The summed E-state index contributed by atoms with van der Waals surface area (Å²) in [5, 5.41) is 7.84. The van der Waals surface area contributed by atoms with Crippen LogP contribution in [0, 0.1) is 11.8 Å². The number of ketones is 1. The molecule has 0 aliphatic carbocycles. The third-order valence-electron chi connectivity index (χ3n) is 5.28. The smallest absolute Gasteiger partial charge is 0.243 e. The Balaban J connectivity index is 4.54. The lowest BCUT2D eigenvalue weighted by molar-refractivity contribution is -0.131. The van der Waals surface area contributed by atoms with E-state index in [-0.39, 0.29) is 43.7 Å². The third-order valence-corrected chi connectivity index (χ3v) is 5.28. The molecule has 3 unspecified atom stereocenters. The second kappa shape index (κ2) is 16.7. The van der Waals surface area contributed by atoms with Gasteiger partial charge in [0, 0.05) is 12.3 Å². The molecule has 0 aromatic rings. The van der Waals surface area contributed by atoms with Gasteiger partial charge in [0.15, 0.2) is 5.78 Å². The summed E-state index contributed by atoms with van der Waals surface area (Å²) < 4.78 is 0. The molecule has 0 aromatic heterocycles. The van der Waals surface area contributed by atoms with Gasteiger partial charge < -0.3 is 27.4 Å². The number of amides is 3. The molecule has 0 aromatic carbocycles. The average molecular weight is 442 g/mol. The largest absolute Gasteiger partial charge is 0.345 e. The van der Waals surface area contributed by atoms with Crippen molar-refractivity contribution in [3.8, 4) is 0 Å². The molecule has 180 valence electrons. The average Bonchev–Trinajstić information content (AvgIpc) is 2.73. The van der Waals surface area contributed by atoms with Gasteiger partial charge in [-0.3, -0.25) is 19.2 Å². The van der Waals surface area contributed by atoms with Crippen molar-refractivity contribution in [3.63, 3.8) is 0 Å². The van der Waals surface area contributed by atoms with Crippen molar-refractivity contribution in [2.75, 3.05) is 19.6 Å². The molecule has 0 aliphatic heterocycles. The zero-order valence-corrected chi connectivity index (χ0v) is 19.7. The minimum atomic E-state index is -0.794. The van der Waals surface area contributed by atoms with Crippen LogP contribution in [0.4, 0.5) is 0 Å². The minimum Gasteiger partial charge on any atom is -0.345 e. The maximum atomic E-state index is 12.4. The van der Waals surface area contributed by atoms with Crippen molar-refractivity contribution in [2.45, 2.75) is 84.7 Å². The fourth-order valence-electron chi connectivity index (χ4n) is 3.08. The Morgan fingerprint density at radius 2 is 1.39 bits per heavy atom. The van der Waals surface area contributed by atoms with Crippen LogP contribution in [0.25, 0.3) is 0 Å². The van der Waals surface area contributed by atoms with Crippen LogP contribution in [0.5, 0.6) is 0 Å². The molecular formula is C22H43N5O4. The summed E-state index contributed by atoms with van der Waals surface area (Å²) in [6.45, 7) is 8.03. The highest BCUT2D eigenvalue weighted by Crippen LogP contribution is 2.12. The standard InChI is InChI=1S/C22H43N5O4/c1-5-16(4)8-6-7-9-19(28)27-18(11-13-24)22(31)25-14-20(29)26-17(10-12-23)21(30)15(2)3/h15-18H,5-14,23-24H2,1-4H3,(H,25,31)(H,26,29)(H,27,28). The highest BCUT2D eigenvalue weighted by Gasteiger charge is 2.24. The van der Waals surface area contributed by atoms with E-state index in [1.54, 1.807) is 13.8 Å². The summed E-state index contributed by atoms with van der Waals surface area (Å²) in [4.78, 5) is 49.0. The Bertz CT molecular complexity index is 568. The van der Waals surface area contributed by atoms with Gasteiger partial charge in [-0.15, -0.1) is 0 Å². The highest BCUT2D eigenvalue weighted by atomic mass is 16.2. The summed E-state index contributed by atoms with van der Waals surface area (Å²) in [5.41, 5.74) is 11.1. The third kappa shape index (κ3) is 13.1. The van der Waals surface area contributed by atoms with E-state index in [0.717, 1.165) is 25.7 Å². The molecule has 9 heteroatoms. The molecule has 0 bridgehead atoms. The van der Waals surface area contributed by atoms with Crippen LogP contribution in [0.2, 0.25) is 0 Å². The van der Waals surface area contributed by atoms with E-state index in [1.807, 2.05) is 0 Å². The minimum absolute atomic E-state index is 0.105. The quantitative estimate of drug-likeness (QED) is 0.208. The van der Waals surface area contributed by atoms with Gasteiger partial charge in [-0.05, 0) is 38.3 Å². The first-order valence-corrected chi connectivity index (χ1v) is 11.5. The Hall–Kier alpha value is -2.00. The molecule has 0 aliphatic rings. The second-order valence-corrected chi connectivity index (χ2v) is 8.43. The van der Waals surface area contributed by atoms with Crippen LogP contribution in [0.3, 0.4) is 0 Å².